The van der Waals surface area contributed by atoms with Crippen molar-refractivity contribution >= 4 is 72.2 Å². The lowest BCUT2D eigenvalue weighted by molar-refractivity contribution is 0.445. The summed E-state index contributed by atoms with van der Waals surface area (Å²) in [5.74, 6) is -2.02. The predicted octanol–water partition coefficient (Wildman–Crippen LogP) is 2.76. The van der Waals surface area contributed by atoms with Crippen molar-refractivity contribution in [2.75, 3.05) is 11.5 Å². The molecule has 0 aliphatic carbocycles. The monoisotopic (exact) mass is 612 g/mol. The standard InChI is InChI=1S/C18H16N2O12S5/c21-18-16(36(27,28)29)10-11-9-14(35(24,25)26)5-6-15(11)17(18)20-19-12-1-3-13(4-2-12)34(22,23)8-7-33-37(30,31)32/h1-6,9-10,21H,7-8H2,(H,24,25,26)(H,27,28,29)(H,30,31,32). The van der Waals surface area contributed by atoms with Gasteiger partial charge in [-0.1, -0.05) is 6.07 Å². The van der Waals surface area contributed by atoms with E-state index < -0.39 is 72.0 Å². The fourth-order valence-corrected chi connectivity index (χ4v) is 7.51. The molecule has 0 aliphatic rings. The van der Waals surface area contributed by atoms with E-state index in [1.807, 2.05) is 0 Å². The van der Waals surface area contributed by atoms with Crippen molar-refractivity contribution in [3.05, 3.63) is 48.5 Å². The van der Waals surface area contributed by atoms with Crippen molar-refractivity contribution in [1.82, 2.24) is 0 Å². The van der Waals surface area contributed by atoms with Crippen LogP contribution in [0.3, 0.4) is 0 Å². The van der Waals surface area contributed by atoms with Gasteiger partial charge >= 0.3 is 9.15 Å². The highest BCUT2D eigenvalue weighted by Crippen LogP contribution is 2.42. The SMILES string of the molecule is O=S(=O)(O)SCCS(=O)(=O)c1ccc(N=Nc2c(O)c(S(=O)(=O)O)cc3cc(S(=O)(=O)O)ccc23)cc1. The average molecular weight is 613 g/mol. The molecule has 37 heavy (non-hydrogen) atoms. The number of hydrogen-bond donors (Lipinski definition) is 4. The Kier molecular flexibility index (Phi) is 8.01. The second kappa shape index (κ2) is 10.3. The van der Waals surface area contributed by atoms with Crippen LogP contribution in [-0.2, 0) is 39.2 Å². The van der Waals surface area contributed by atoms with E-state index in [1.54, 1.807) is 0 Å². The number of hydrogen-bond acceptors (Lipinski definition) is 12. The van der Waals surface area contributed by atoms with Crippen LogP contribution in [-0.4, -0.2) is 63.9 Å². The van der Waals surface area contributed by atoms with E-state index in [-0.39, 0.29) is 32.1 Å². The van der Waals surface area contributed by atoms with Crippen LogP contribution in [0.4, 0.5) is 11.4 Å². The second-order valence-electron chi connectivity index (χ2n) is 7.17. The Morgan fingerprint density at radius 1 is 0.730 bits per heavy atom. The third-order valence-corrected chi connectivity index (χ3v) is 10.4. The van der Waals surface area contributed by atoms with E-state index in [2.05, 4.69) is 10.2 Å². The molecule has 0 aromatic heterocycles. The summed E-state index contributed by atoms with van der Waals surface area (Å²) in [6.45, 7) is 0. The van der Waals surface area contributed by atoms with Gasteiger partial charge in [-0.05, 0) is 58.6 Å². The summed E-state index contributed by atoms with van der Waals surface area (Å²) < 4.78 is 120. The third-order valence-electron chi connectivity index (χ3n) is 4.64. The highest BCUT2D eigenvalue weighted by Gasteiger charge is 2.23. The molecule has 0 spiro atoms. The van der Waals surface area contributed by atoms with E-state index in [1.165, 1.54) is 12.1 Å². The van der Waals surface area contributed by atoms with Crippen LogP contribution >= 0.6 is 10.8 Å². The number of fused-ring (bicyclic) bond motifs is 1. The van der Waals surface area contributed by atoms with Gasteiger partial charge in [-0.2, -0.15) is 30.4 Å². The molecule has 0 aliphatic heterocycles. The maximum absolute atomic E-state index is 12.3. The van der Waals surface area contributed by atoms with Gasteiger partial charge in [0.15, 0.2) is 15.6 Å². The summed E-state index contributed by atoms with van der Waals surface area (Å²) >= 11 is 0. The van der Waals surface area contributed by atoms with Crippen LogP contribution in [0.25, 0.3) is 10.8 Å². The Balaban J connectivity index is 2.01. The third kappa shape index (κ3) is 7.23. The maximum atomic E-state index is 12.3. The van der Waals surface area contributed by atoms with Gasteiger partial charge in [-0.3, -0.25) is 13.7 Å². The normalized spacial score (nSPS) is 13.4. The fourth-order valence-electron chi connectivity index (χ4n) is 2.98. The van der Waals surface area contributed by atoms with Crippen molar-refractivity contribution in [2.45, 2.75) is 14.7 Å². The Morgan fingerprint density at radius 3 is 1.86 bits per heavy atom. The van der Waals surface area contributed by atoms with E-state index in [0.717, 1.165) is 36.4 Å². The van der Waals surface area contributed by atoms with Gasteiger partial charge in [0.25, 0.3) is 20.2 Å². The van der Waals surface area contributed by atoms with Crippen LogP contribution in [0.5, 0.6) is 5.75 Å². The van der Waals surface area contributed by atoms with E-state index >= 15 is 0 Å². The van der Waals surface area contributed by atoms with E-state index in [9.17, 15) is 47.9 Å². The molecule has 0 unspecified atom stereocenters. The Labute approximate surface area is 214 Å². The molecule has 19 heteroatoms. The van der Waals surface area contributed by atoms with Crippen molar-refractivity contribution in [1.29, 1.82) is 0 Å². The van der Waals surface area contributed by atoms with Gasteiger partial charge in [-0.15, -0.1) is 5.11 Å². The van der Waals surface area contributed by atoms with Crippen molar-refractivity contribution in [3.8, 4) is 5.75 Å². The first-order chi connectivity index (χ1) is 16.9. The molecule has 4 N–H and O–H groups in total. The van der Waals surface area contributed by atoms with Crippen LogP contribution < -0.4 is 0 Å². The van der Waals surface area contributed by atoms with E-state index in [4.69, 9.17) is 4.55 Å². The van der Waals surface area contributed by atoms with Gasteiger partial charge in [0.2, 0.25) is 0 Å². The molecule has 0 saturated carbocycles. The van der Waals surface area contributed by atoms with Gasteiger partial charge in [0.1, 0.15) is 10.6 Å². The number of phenols is 1. The number of nitrogens with zero attached hydrogens (tertiary/aromatic N) is 2. The molecule has 3 aromatic carbocycles. The van der Waals surface area contributed by atoms with Crippen molar-refractivity contribution in [3.63, 3.8) is 0 Å². The number of phenolic OH excluding ortho intramolecular Hbond substituents is 1. The van der Waals surface area contributed by atoms with Gasteiger partial charge < -0.3 is 5.11 Å². The quantitative estimate of drug-likeness (QED) is 0.154. The second-order valence-corrected chi connectivity index (χ2v) is 15.6. The average Bonchev–Trinajstić information content (AvgIpc) is 2.75. The lowest BCUT2D eigenvalue weighted by Crippen LogP contribution is -2.09. The summed E-state index contributed by atoms with van der Waals surface area (Å²) in [5.41, 5.74) is -0.448. The van der Waals surface area contributed by atoms with Crippen LogP contribution in [0.15, 0.2) is 73.4 Å². The predicted molar refractivity (Wildman–Crippen MR) is 132 cm³/mol. The van der Waals surface area contributed by atoms with Crippen LogP contribution in [0, 0.1) is 0 Å². The number of benzene rings is 3. The topological polar surface area (TPSA) is 242 Å². The molecule has 3 rings (SSSR count). The van der Waals surface area contributed by atoms with Crippen LogP contribution in [0.1, 0.15) is 0 Å². The number of aromatic hydroxyl groups is 1. The first kappa shape index (κ1) is 28.9. The Hall–Kier alpha value is -2.65. The Morgan fingerprint density at radius 2 is 1.32 bits per heavy atom. The minimum atomic E-state index is -5.00. The molecule has 0 bridgehead atoms. The summed E-state index contributed by atoms with van der Waals surface area (Å²) in [7, 11) is -17.9. The first-order valence-electron chi connectivity index (χ1n) is 9.50. The number of azo groups is 1. The molecular weight excluding hydrogens is 597 g/mol. The number of sulfone groups is 1. The minimum Gasteiger partial charge on any atom is -0.504 e. The smallest absolute Gasteiger partial charge is 0.319 e. The molecule has 0 heterocycles. The largest absolute Gasteiger partial charge is 0.504 e. The molecule has 14 nitrogen and oxygen atoms in total. The summed E-state index contributed by atoms with van der Waals surface area (Å²) in [6.07, 6.45) is 0. The zero-order valence-electron chi connectivity index (χ0n) is 18.0. The van der Waals surface area contributed by atoms with Crippen molar-refractivity contribution in [2.24, 2.45) is 10.2 Å². The Bertz CT molecular complexity index is 1830. The molecule has 3 aromatic rings. The summed E-state index contributed by atoms with van der Waals surface area (Å²) in [6, 6.07) is 8.40. The lowest BCUT2D eigenvalue weighted by Gasteiger charge is -2.09. The number of rotatable bonds is 9. The maximum Gasteiger partial charge on any atom is 0.319 e. The first-order valence-corrected chi connectivity index (χ1v) is 17.0. The lowest BCUT2D eigenvalue weighted by atomic mass is 10.1. The summed E-state index contributed by atoms with van der Waals surface area (Å²) in [4.78, 5) is -1.80. The molecule has 200 valence electrons. The van der Waals surface area contributed by atoms with Gasteiger partial charge in [0.05, 0.1) is 21.2 Å². The molecule has 0 fully saturated rings. The molecule has 0 radical (unpaired) electrons. The highest BCUT2D eigenvalue weighted by molar-refractivity contribution is 8.70. The van der Waals surface area contributed by atoms with E-state index in [0.29, 0.717) is 0 Å². The van der Waals surface area contributed by atoms with Gasteiger partial charge in [-0.25, -0.2) is 8.42 Å². The summed E-state index contributed by atoms with van der Waals surface area (Å²) in [5, 5.41) is 17.9. The zero-order valence-corrected chi connectivity index (χ0v) is 22.1. The molecule has 0 atom stereocenters. The molecule has 0 saturated heterocycles. The van der Waals surface area contributed by atoms with Crippen molar-refractivity contribution < 1.29 is 52.4 Å². The fraction of sp³-hybridized carbons (Fsp3) is 0.111. The van der Waals surface area contributed by atoms with Gasteiger partial charge in [0, 0.05) is 11.1 Å². The molecular formula is C18H16N2O12S5. The van der Waals surface area contributed by atoms with Crippen LogP contribution in [0.2, 0.25) is 0 Å². The minimum absolute atomic E-state index is 0.00316. The zero-order chi connectivity index (χ0) is 27.8. The highest BCUT2D eigenvalue weighted by atomic mass is 33.1. The molecule has 0 amide bonds.